The van der Waals surface area contributed by atoms with Gasteiger partial charge in [-0.2, -0.15) is 0 Å². The zero-order valence-corrected chi connectivity index (χ0v) is 11.7. The highest BCUT2D eigenvalue weighted by Gasteiger charge is 2.23. The molecule has 1 aliphatic rings. The Balaban J connectivity index is 1.86. The lowest BCUT2D eigenvalue weighted by atomic mass is 10.1. The third kappa shape index (κ3) is 3.77. The van der Waals surface area contributed by atoms with Crippen molar-refractivity contribution in [2.24, 2.45) is 5.92 Å². The minimum atomic E-state index is -3.51. The highest BCUT2D eigenvalue weighted by atomic mass is 32.2. The Hall–Kier alpha value is -1.47. The zero-order valence-electron chi connectivity index (χ0n) is 10.8. The van der Waals surface area contributed by atoms with Gasteiger partial charge < -0.3 is 10.1 Å². The summed E-state index contributed by atoms with van der Waals surface area (Å²) < 4.78 is 41.7. The first kappa shape index (κ1) is 14.9. The second-order valence-corrected chi connectivity index (χ2v) is 6.73. The maximum atomic E-state index is 12.7. The summed E-state index contributed by atoms with van der Waals surface area (Å²) in [4.78, 5) is 11.7. The average molecular weight is 301 g/mol. The Morgan fingerprint density at radius 1 is 1.35 bits per heavy atom. The molecule has 1 heterocycles. The van der Waals surface area contributed by atoms with Crippen LogP contribution in [-0.4, -0.2) is 39.8 Å². The molecule has 0 spiro atoms. The Kier molecular flexibility index (Phi) is 4.72. The van der Waals surface area contributed by atoms with Crippen molar-refractivity contribution in [1.29, 1.82) is 0 Å². The van der Waals surface area contributed by atoms with Crippen LogP contribution in [0.3, 0.4) is 0 Å². The molecule has 0 saturated carbocycles. The summed E-state index contributed by atoms with van der Waals surface area (Å²) in [7, 11) is -3.51. The van der Waals surface area contributed by atoms with Gasteiger partial charge in [-0.1, -0.05) is 0 Å². The molecule has 2 rings (SSSR count). The van der Waals surface area contributed by atoms with E-state index in [4.69, 9.17) is 4.74 Å². The minimum absolute atomic E-state index is 0.0367. The molecule has 7 heteroatoms. The fourth-order valence-electron chi connectivity index (χ4n) is 1.95. The van der Waals surface area contributed by atoms with Crippen molar-refractivity contribution in [3.63, 3.8) is 0 Å². The molecule has 5 nitrogen and oxygen atoms in total. The lowest BCUT2D eigenvalue weighted by Gasteiger charge is -2.09. The first-order valence-corrected chi connectivity index (χ1v) is 7.98. The van der Waals surface area contributed by atoms with Gasteiger partial charge in [0, 0.05) is 13.2 Å². The van der Waals surface area contributed by atoms with E-state index in [-0.39, 0.29) is 29.0 Å². The second kappa shape index (κ2) is 6.32. The van der Waals surface area contributed by atoms with E-state index < -0.39 is 15.7 Å². The molecule has 1 fully saturated rings. The summed E-state index contributed by atoms with van der Waals surface area (Å²) in [5, 5.41) is 2.59. The van der Waals surface area contributed by atoms with E-state index in [1.807, 2.05) is 0 Å². The Bertz CT molecular complexity index is 565. The molecule has 1 aliphatic heterocycles. The molecule has 0 radical (unpaired) electrons. The first-order chi connectivity index (χ1) is 9.49. The molecule has 110 valence electrons. The van der Waals surface area contributed by atoms with Gasteiger partial charge in [0.25, 0.3) is 0 Å². The van der Waals surface area contributed by atoms with Crippen molar-refractivity contribution in [2.75, 3.05) is 25.5 Å². The molecule has 1 aromatic carbocycles. The third-order valence-corrected chi connectivity index (χ3v) is 4.88. The summed E-state index contributed by atoms with van der Waals surface area (Å²) in [5.74, 6) is -1.07. The van der Waals surface area contributed by atoms with Crippen molar-refractivity contribution in [2.45, 2.75) is 11.3 Å². The normalized spacial score (nSPS) is 18.9. The molecule has 20 heavy (non-hydrogen) atoms. The van der Waals surface area contributed by atoms with E-state index in [2.05, 4.69) is 5.32 Å². The molecule has 1 aromatic rings. The third-order valence-electron chi connectivity index (χ3n) is 3.14. The lowest BCUT2D eigenvalue weighted by Crippen LogP contribution is -2.34. The molecule has 1 saturated heterocycles. The van der Waals surface area contributed by atoms with E-state index in [9.17, 15) is 17.6 Å². The van der Waals surface area contributed by atoms with Crippen LogP contribution in [0.1, 0.15) is 6.42 Å². The molecule has 0 aromatic heterocycles. The van der Waals surface area contributed by atoms with E-state index in [0.717, 1.165) is 12.1 Å². The fourth-order valence-corrected chi connectivity index (χ4v) is 3.11. The van der Waals surface area contributed by atoms with Crippen LogP contribution in [0, 0.1) is 11.7 Å². The van der Waals surface area contributed by atoms with Crippen LogP contribution in [0.15, 0.2) is 29.2 Å². The van der Waals surface area contributed by atoms with Crippen LogP contribution in [0.4, 0.5) is 4.39 Å². The van der Waals surface area contributed by atoms with E-state index in [1.54, 1.807) is 0 Å². The van der Waals surface area contributed by atoms with Crippen molar-refractivity contribution < 1.29 is 22.3 Å². The summed E-state index contributed by atoms with van der Waals surface area (Å²) in [5.41, 5.74) is 0. The summed E-state index contributed by atoms with van der Waals surface area (Å²) in [6.07, 6.45) is 0.663. The van der Waals surface area contributed by atoms with E-state index in [1.165, 1.54) is 12.1 Å². The molecular weight excluding hydrogens is 285 g/mol. The topological polar surface area (TPSA) is 72.5 Å². The second-order valence-electron chi connectivity index (χ2n) is 4.62. The smallest absolute Gasteiger partial charge is 0.225 e. The average Bonchev–Trinajstić information content (AvgIpc) is 2.93. The molecule has 1 unspecified atom stereocenters. The van der Waals surface area contributed by atoms with Crippen LogP contribution in [0.2, 0.25) is 0 Å². The molecule has 0 bridgehead atoms. The molecular formula is C13H16FNO4S. The monoisotopic (exact) mass is 301 g/mol. The number of ether oxygens (including phenoxy) is 1. The van der Waals surface area contributed by atoms with Gasteiger partial charge in [-0.25, -0.2) is 12.8 Å². The van der Waals surface area contributed by atoms with Crippen LogP contribution < -0.4 is 5.32 Å². The van der Waals surface area contributed by atoms with Crippen molar-refractivity contribution in [3.8, 4) is 0 Å². The number of carbonyl (C=O) groups excluding carboxylic acids is 1. The maximum Gasteiger partial charge on any atom is 0.225 e. The highest BCUT2D eigenvalue weighted by molar-refractivity contribution is 7.91. The standard InChI is InChI=1S/C13H16FNO4S/c14-11-1-3-12(4-2-11)20(17,18)8-6-15-13(16)10-5-7-19-9-10/h1-4,10H,5-9H2,(H,15,16). The number of hydrogen-bond donors (Lipinski definition) is 1. The van der Waals surface area contributed by atoms with Crippen LogP contribution in [0.5, 0.6) is 0 Å². The van der Waals surface area contributed by atoms with Crippen molar-refractivity contribution >= 4 is 15.7 Å². The number of halogens is 1. The van der Waals surface area contributed by atoms with E-state index in [0.29, 0.717) is 19.6 Å². The summed E-state index contributed by atoms with van der Waals surface area (Å²) >= 11 is 0. The lowest BCUT2D eigenvalue weighted by molar-refractivity contribution is -0.124. The number of amides is 1. The molecule has 1 atom stereocenters. The maximum absolute atomic E-state index is 12.7. The van der Waals surface area contributed by atoms with Crippen molar-refractivity contribution in [3.05, 3.63) is 30.1 Å². The summed E-state index contributed by atoms with van der Waals surface area (Å²) in [6.45, 7) is 0.984. The van der Waals surface area contributed by atoms with Gasteiger partial charge in [-0.05, 0) is 30.7 Å². The quantitative estimate of drug-likeness (QED) is 0.815. The number of sulfone groups is 1. The summed E-state index contributed by atoms with van der Waals surface area (Å²) in [6, 6.07) is 4.64. The van der Waals surface area contributed by atoms with E-state index >= 15 is 0 Å². The fraction of sp³-hybridized carbons (Fsp3) is 0.462. The molecule has 0 aliphatic carbocycles. The largest absolute Gasteiger partial charge is 0.381 e. The minimum Gasteiger partial charge on any atom is -0.381 e. The Labute approximate surface area is 117 Å². The van der Waals surface area contributed by atoms with Crippen molar-refractivity contribution in [1.82, 2.24) is 5.32 Å². The van der Waals surface area contributed by atoms with Gasteiger partial charge in [-0.3, -0.25) is 4.79 Å². The number of nitrogens with one attached hydrogen (secondary N) is 1. The predicted octanol–water partition coefficient (Wildman–Crippen LogP) is 0.752. The number of hydrogen-bond acceptors (Lipinski definition) is 4. The Morgan fingerprint density at radius 3 is 2.65 bits per heavy atom. The van der Waals surface area contributed by atoms with Gasteiger partial charge in [-0.15, -0.1) is 0 Å². The van der Waals surface area contributed by atoms with Gasteiger partial charge in [0.15, 0.2) is 9.84 Å². The van der Waals surface area contributed by atoms with Crippen LogP contribution in [-0.2, 0) is 19.4 Å². The predicted molar refractivity (Wildman–Crippen MR) is 70.4 cm³/mol. The van der Waals surface area contributed by atoms with Crippen LogP contribution >= 0.6 is 0 Å². The number of benzene rings is 1. The zero-order chi connectivity index (χ0) is 14.6. The first-order valence-electron chi connectivity index (χ1n) is 6.33. The van der Waals surface area contributed by atoms with Gasteiger partial charge in [0.1, 0.15) is 5.82 Å². The number of carbonyl (C=O) groups is 1. The van der Waals surface area contributed by atoms with Crippen LogP contribution in [0.25, 0.3) is 0 Å². The van der Waals surface area contributed by atoms with Gasteiger partial charge in [0.05, 0.1) is 23.2 Å². The van der Waals surface area contributed by atoms with Gasteiger partial charge >= 0.3 is 0 Å². The highest BCUT2D eigenvalue weighted by Crippen LogP contribution is 2.13. The SMILES string of the molecule is O=C(NCCS(=O)(=O)c1ccc(F)cc1)C1CCOC1. The Morgan fingerprint density at radius 2 is 2.05 bits per heavy atom. The molecule has 1 N–H and O–H groups in total. The number of rotatable bonds is 5. The molecule has 1 amide bonds. The van der Waals surface area contributed by atoms with Gasteiger partial charge in [0.2, 0.25) is 5.91 Å².